The van der Waals surface area contributed by atoms with E-state index in [0.29, 0.717) is 11.5 Å². The summed E-state index contributed by atoms with van der Waals surface area (Å²) >= 11 is 0. The van der Waals surface area contributed by atoms with E-state index in [4.69, 9.17) is 4.74 Å². The van der Waals surface area contributed by atoms with E-state index in [9.17, 15) is 9.59 Å². The van der Waals surface area contributed by atoms with Crippen LogP contribution < -0.4 is 10.6 Å². The van der Waals surface area contributed by atoms with Crippen LogP contribution in [0.5, 0.6) is 0 Å². The fourth-order valence-electron chi connectivity index (χ4n) is 2.00. The Morgan fingerprint density at radius 3 is 2.50 bits per heavy atom. The topological polar surface area (TPSA) is 93.2 Å². The minimum atomic E-state index is -0.524. The summed E-state index contributed by atoms with van der Waals surface area (Å²) in [5.41, 5.74) is 0.629. The van der Waals surface area contributed by atoms with Crippen molar-refractivity contribution in [1.29, 1.82) is 0 Å². The summed E-state index contributed by atoms with van der Waals surface area (Å²) in [5, 5.41) is 5.85. The molecule has 1 aromatic carbocycles. The maximum atomic E-state index is 12.4. The van der Waals surface area contributed by atoms with Gasteiger partial charge in [0.1, 0.15) is 17.8 Å². The Morgan fingerprint density at radius 2 is 1.83 bits per heavy atom. The number of anilines is 2. The Labute approximate surface area is 140 Å². The number of rotatable bonds is 4. The molecule has 2 aromatic rings. The minimum absolute atomic E-state index is 0.191. The molecular weight excluding hydrogens is 308 g/mol. The number of benzene rings is 1. The van der Waals surface area contributed by atoms with Crippen molar-refractivity contribution in [3.8, 4) is 0 Å². The van der Waals surface area contributed by atoms with Crippen molar-refractivity contribution in [1.82, 2.24) is 9.97 Å². The zero-order valence-corrected chi connectivity index (χ0v) is 14.1. The van der Waals surface area contributed by atoms with Crippen LogP contribution in [0.3, 0.4) is 0 Å². The van der Waals surface area contributed by atoms with Gasteiger partial charge in [0.2, 0.25) is 0 Å². The zero-order valence-electron chi connectivity index (χ0n) is 14.1. The van der Waals surface area contributed by atoms with E-state index >= 15 is 0 Å². The number of nitrogens with zero attached hydrogens (tertiary/aromatic N) is 2. The van der Waals surface area contributed by atoms with E-state index in [0.717, 1.165) is 0 Å². The third kappa shape index (κ3) is 4.52. The molecule has 1 amide bonds. The summed E-state index contributed by atoms with van der Waals surface area (Å²) < 4.78 is 4.71. The molecule has 0 saturated carbocycles. The van der Waals surface area contributed by atoms with Crippen LogP contribution in [0, 0.1) is 0 Å². The summed E-state index contributed by atoms with van der Waals surface area (Å²) in [6.07, 6.45) is 1.31. The number of esters is 1. The third-order valence-corrected chi connectivity index (χ3v) is 2.98. The van der Waals surface area contributed by atoms with Crippen molar-refractivity contribution >= 4 is 23.4 Å². The zero-order chi connectivity index (χ0) is 17.7. The van der Waals surface area contributed by atoms with Crippen LogP contribution in [0.2, 0.25) is 0 Å². The molecule has 0 unspecified atom stereocenters. The van der Waals surface area contributed by atoms with Crippen LogP contribution in [-0.2, 0) is 4.74 Å². The first-order chi connectivity index (χ1) is 11.3. The molecule has 7 nitrogen and oxygen atoms in total. The van der Waals surface area contributed by atoms with Gasteiger partial charge in [-0.3, -0.25) is 4.79 Å². The van der Waals surface area contributed by atoms with Crippen LogP contribution >= 0.6 is 0 Å². The maximum absolute atomic E-state index is 12.4. The van der Waals surface area contributed by atoms with Gasteiger partial charge in [0, 0.05) is 11.6 Å². The Morgan fingerprint density at radius 1 is 1.12 bits per heavy atom. The predicted octanol–water partition coefficient (Wildman–Crippen LogP) is 2.73. The van der Waals surface area contributed by atoms with Gasteiger partial charge in [0.05, 0.1) is 18.4 Å². The van der Waals surface area contributed by atoms with Crippen molar-refractivity contribution < 1.29 is 14.3 Å². The van der Waals surface area contributed by atoms with Crippen LogP contribution in [0.1, 0.15) is 41.6 Å². The van der Waals surface area contributed by atoms with Gasteiger partial charge in [0.25, 0.3) is 5.91 Å². The number of carbonyl (C=O) groups excluding carboxylic acids is 2. The molecule has 24 heavy (non-hydrogen) atoms. The number of hydrogen-bond donors (Lipinski definition) is 2. The summed E-state index contributed by atoms with van der Waals surface area (Å²) in [5.74, 6) is -0.418. The first-order valence-corrected chi connectivity index (χ1v) is 7.39. The molecule has 0 spiro atoms. The number of amides is 1. The Hall–Kier alpha value is -2.96. The Kier molecular flexibility index (Phi) is 5.13. The molecule has 0 fully saturated rings. The molecule has 0 aliphatic carbocycles. The fraction of sp³-hybridized carbons (Fsp3) is 0.294. The van der Waals surface area contributed by atoms with E-state index in [1.807, 2.05) is 20.8 Å². The van der Waals surface area contributed by atoms with Gasteiger partial charge in [-0.05, 0) is 32.9 Å². The van der Waals surface area contributed by atoms with Crippen molar-refractivity contribution in [2.75, 3.05) is 17.7 Å². The van der Waals surface area contributed by atoms with Gasteiger partial charge < -0.3 is 15.4 Å². The van der Waals surface area contributed by atoms with Gasteiger partial charge in [-0.1, -0.05) is 12.1 Å². The Bertz CT molecular complexity index is 753. The second-order valence-electron chi connectivity index (χ2n) is 6.15. The SMILES string of the molecule is COC(=O)c1ccccc1NC(=O)c1cc(NC(C)(C)C)ncn1. The first-order valence-electron chi connectivity index (χ1n) is 7.39. The third-order valence-electron chi connectivity index (χ3n) is 2.98. The normalized spacial score (nSPS) is 10.8. The maximum Gasteiger partial charge on any atom is 0.339 e. The highest BCUT2D eigenvalue weighted by molar-refractivity contribution is 6.07. The number of ether oxygens (including phenoxy) is 1. The van der Waals surface area contributed by atoms with Crippen LogP contribution in [0.25, 0.3) is 0 Å². The standard InChI is InChI=1S/C17H20N4O3/c1-17(2,3)21-14-9-13(18-10-19-14)15(22)20-12-8-6-5-7-11(12)16(23)24-4/h5-10H,1-4H3,(H,20,22)(H,18,19,21). The second kappa shape index (κ2) is 7.08. The van der Waals surface area contributed by atoms with Gasteiger partial charge in [-0.15, -0.1) is 0 Å². The number of para-hydroxylation sites is 1. The minimum Gasteiger partial charge on any atom is -0.465 e. The molecule has 0 aliphatic rings. The molecule has 1 heterocycles. The average molecular weight is 328 g/mol. The molecule has 7 heteroatoms. The molecule has 1 aromatic heterocycles. The number of nitrogens with one attached hydrogen (secondary N) is 2. The number of hydrogen-bond acceptors (Lipinski definition) is 6. The highest BCUT2D eigenvalue weighted by atomic mass is 16.5. The summed E-state index contributed by atoms with van der Waals surface area (Å²) in [6, 6.07) is 8.17. The second-order valence-corrected chi connectivity index (χ2v) is 6.15. The van der Waals surface area contributed by atoms with E-state index in [2.05, 4.69) is 20.6 Å². The summed E-state index contributed by atoms with van der Waals surface area (Å²) in [4.78, 5) is 32.2. The molecule has 0 radical (unpaired) electrons. The van der Waals surface area contributed by atoms with Crippen molar-refractivity contribution in [2.24, 2.45) is 0 Å². The molecule has 0 bridgehead atoms. The van der Waals surface area contributed by atoms with E-state index in [1.54, 1.807) is 30.3 Å². The molecule has 2 rings (SSSR count). The van der Waals surface area contributed by atoms with E-state index in [1.165, 1.54) is 13.4 Å². The van der Waals surface area contributed by atoms with Crippen LogP contribution in [-0.4, -0.2) is 34.5 Å². The average Bonchev–Trinajstić information content (AvgIpc) is 2.53. The molecular formula is C17H20N4O3. The van der Waals surface area contributed by atoms with E-state index in [-0.39, 0.29) is 16.8 Å². The highest BCUT2D eigenvalue weighted by Crippen LogP contribution is 2.18. The molecule has 2 N–H and O–H groups in total. The van der Waals surface area contributed by atoms with Crippen LogP contribution in [0.15, 0.2) is 36.7 Å². The lowest BCUT2D eigenvalue weighted by Crippen LogP contribution is -2.27. The monoisotopic (exact) mass is 328 g/mol. The molecule has 126 valence electrons. The molecule has 0 saturated heterocycles. The summed E-state index contributed by atoms with van der Waals surface area (Å²) in [6.45, 7) is 5.96. The predicted molar refractivity (Wildman–Crippen MR) is 91.1 cm³/mol. The molecule has 0 aliphatic heterocycles. The fourth-order valence-corrected chi connectivity index (χ4v) is 2.00. The van der Waals surface area contributed by atoms with Crippen molar-refractivity contribution in [3.63, 3.8) is 0 Å². The number of methoxy groups -OCH3 is 1. The lowest BCUT2D eigenvalue weighted by Gasteiger charge is -2.21. The number of aromatic nitrogens is 2. The van der Waals surface area contributed by atoms with Gasteiger partial charge in [-0.25, -0.2) is 14.8 Å². The lowest BCUT2D eigenvalue weighted by molar-refractivity contribution is 0.0602. The summed E-state index contributed by atoms with van der Waals surface area (Å²) in [7, 11) is 1.29. The highest BCUT2D eigenvalue weighted by Gasteiger charge is 2.16. The lowest BCUT2D eigenvalue weighted by atomic mass is 10.1. The van der Waals surface area contributed by atoms with Crippen molar-refractivity contribution in [3.05, 3.63) is 47.9 Å². The number of carbonyl (C=O) groups is 2. The molecule has 0 atom stereocenters. The van der Waals surface area contributed by atoms with Gasteiger partial charge in [-0.2, -0.15) is 0 Å². The van der Waals surface area contributed by atoms with Crippen molar-refractivity contribution in [2.45, 2.75) is 26.3 Å². The quantitative estimate of drug-likeness (QED) is 0.838. The first kappa shape index (κ1) is 17.4. The van der Waals surface area contributed by atoms with Gasteiger partial charge in [0.15, 0.2) is 0 Å². The van der Waals surface area contributed by atoms with E-state index < -0.39 is 11.9 Å². The Balaban J connectivity index is 2.22. The smallest absolute Gasteiger partial charge is 0.339 e. The van der Waals surface area contributed by atoms with Crippen LogP contribution in [0.4, 0.5) is 11.5 Å². The van der Waals surface area contributed by atoms with Gasteiger partial charge >= 0.3 is 5.97 Å². The largest absolute Gasteiger partial charge is 0.465 e.